The molecule has 0 unspecified atom stereocenters. The minimum absolute atomic E-state index is 0. The topological polar surface area (TPSA) is 64.1 Å². The van der Waals surface area contributed by atoms with Gasteiger partial charge in [-0.25, -0.2) is 9.38 Å². The molecule has 0 radical (unpaired) electrons. The van der Waals surface area contributed by atoms with E-state index in [0.717, 1.165) is 5.56 Å². The van der Waals surface area contributed by atoms with Crippen molar-refractivity contribution in [1.82, 2.24) is 10.6 Å². The molecule has 29 heavy (non-hydrogen) atoms. The van der Waals surface area contributed by atoms with Gasteiger partial charge in [-0.1, -0.05) is 12.1 Å². The maximum Gasteiger partial charge on any atom is 0.387 e. The van der Waals surface area contributed by atoms with E-state index in [9.17, 15) is 13.2 Å². The van der Waals surface area contributed by atoms with Gasteiger partial charge >= 0.3 is 6.61 Å². The Kier molecular flexibility index (Phi) is 8.68. The molecule has 1 heterocycles. The molecule has 6 nitrogen and oxygen atoms in total. The van der Waals surface area contributed by atoms with E-state index >= 15 is 0 Å². The van der Waals surface area contributed by atoms with Crippen molar-refractivity contribution in [2.45, 2.75) is 26.6 Å². The fourth-order valence-corrected chi connectivity index (χ4v) is 2.59. The number of ether oxygens (including phenoxy) is 3. The van der Waals surface area contributed by atoms with Gasteiger partial charge in [0.05, 0.1) is 6.54 Å². The standard InChI is InChI=1S/C19H20F3N3O3.HI/c1-2-23-19(24-9-12-3-5-14(20)6-4-12)25-10-13-7-16-17(27-11-26-16)8-15(13)28-18(21)22;/h3-8,18H,2,9-11H2,1H3,(H2,23,24,25);1H. The van der Waals surface area contributed by atoms with Gasteiger partial charge in [-0.2, -0.15) is 8.78 Å². The number of benzene rings is 2. The second kappa shape index (κ2) is 11.0. The zero-order valence-corrected chi connectivity index (χ0v) is 17.9. The van der Waals surface area contributed by atoms with Gasteiger partial charge in [-0.15, -0.1) is 24.0 Å². The molecular weight excluding hydrogens is 502 g/mol. The number of nitrogens with one attached hydrogen (secondary N) is 2. The SMILES string of the molecule is CCNC(=NCc1ccc(F)cc1)NCc1cc2c(cc1OC(F)F)OCO2.I. The maximum absolute atomic E-state index is 13.0. The predicted octanol–water partition coefficient (Wildman–Crippen LogP) is 4.03. The van der Waals surface area contributed by atoms with Crippen LogP contribution in [0, 0.1) is 5.82 Å². The van der Waals surface area contributed by atoms with E-state index in [-0.39, 0.29) is 48.9 Å². The van der Waals surface area contributed by atoms with Crippen LogP contribution in [0.2, 0.25) is 0 Å². The summed E-state index contributed by atoms with van der Waals surface area (Å²) >= 11 is 0. The fraction of sp³-hybridized carbons (Fsp3) is 0.316. The minimum atomic E-state index is -2.96. The summed E-state index contributed by atoms with van der Waals surface area (Å²) in [5.41, 5.74) is 1.31. The van der Waals surface area contributed by atoms with E-state index in [1.165, 1.54) is 18.2 Å². The third-order valence-electron chi connectivity index (χ3n) is 3.90. The van der Waals surface area contributed by atoms with Crippen LogP contribution >= 0.6 is 24.0 Å². The van der Waals surface area contributed by atoms with Crippen LogP contribution in [0.3, 0.4) is 0 Å². The normalized spacial score (nSPS) is 12.5. The molecule has 0 aromatic heterocycles. The molecule has 2 aromatic carbocycles. The van der Waals surface area contributed by atoms with Gasteiger partial charge in [0.25, 0.3) is 0 Å². The lowest BCUT2D eigenvalue weighted by Crippen LogP contribution is -2.36. The summed E-state index contributed by atoms with van der Waals surface area (Å²) in [7, 11) is 0. The van der Waals surface area contributed by atoms with Gasteiger partial charge < -0.3 is 24.8 Å². The van der Waals surface area contributed by atoms with Gasteiger partial charge in [-0.3, -0.25) is 0 Å². The molecule has 0 fully saturated rings. The van der Waals surface area contributed by atoms with Crippen LogP contribution in [-0.4, -0.2) is 25.9 Å². The first-order valence-corrected chi connectivity index (χ1v) is 8.69. The first-order chi connectivity index (χ1) is 13.5. The summed E-state index contributed by atoms with van der Waals surface area (Å²) < 4.78 is 53.6. The summed E-state index contributed by atoms with van der Waals surface area (Å²) in [5, 5.41) is 6.13. The highest BCUT2D eigenvalue weighted by Gasteiger charge is 2.20. The van der Waals surface area contributed by atoms with Crippen molar-refractivity contribution in [2.75, 3.05) is 13.3 Å². The first kappa shape index (κ1) is 22.9. The first-order valence-electron chi connectivity index (χ1n) is 8.69. The van der Waals surface area contributed by atoms with Crippen molar-refractivity contribution < 1.29 is 27.4 Å². The van der Waals surface area contributed by atoms with E-state index in [2.05, 4.69) is 20.4 Å². The van der Waals surface area contributed by atoms with Gasteiger partial charge in [-0.05, 0) is 30.7 Å². The quantitative estimate of drug-likeness (QED) is 0.326. The van der Waals surface area contributed by atoms with E-state index in [0.29, 0.717) is 36.1 Å². The molecule has 0 spiro atoms. The average Bonchev–Trinajstić information content (AvgIpc) is 3.12. The van der Waals surface area contributed by atoms with Gasteiger partial charge in [0.2, 0.25) is 6.79 Å². The van der Waals surface area contributed by atoms with Crippen LogP contribution in [0.4, 0.5) is 13.2 Å². The average molecular weight is 523 g/mol. The van der Waals surface area contributed by atoms with Crippen LogP contribution in [0.25, 0.3) is 0 Å². The number of nitrogens with zero attached hydrogens (tertiary/aromatic N) is 1. The van der Waals surface area contributed by atoms with Gasteiger partial charge in [0.1, 0.15) is 11.6 Å². The number of hydrogen-bond donors (Lipinski definition) is 2. The molecule has 0 saturated carbocycles. The summed E-state index contributed by atoms with van der Waals surface area (Å²) in [6, 6.07) is 9.01. The summed E-state index contributed by atoms with van der Waals surface area (Å²) in [6.07, 6.45) is 0. The number of aliphatic imine (C=N–C) groups is 1. The summed E-state index contributed by atoms with van der Waals surface area (Å²) in [6.45, 7) is 0.0878. The molecule has 1 aliphatic heterocycles. The van der Waals surface area contributed by atoms with E-state index in [4.69, 9.17) is 9.47 Å². The highest BCUT2D eigenvalue weighted by molar-refractivity contribution is 14.0. The van der Waals surface area contributed by atoms with Crippen molar-refractivity contribution in [3.63, 3.8) is 0 Å². The van der Waals surface area contributed by atoms with E-state index < -0.39 is 6.61 Å². The Hall–Kier alpha value is -2.37. The van der Waals surface area contributed by atoms with E-state index in [1.807, 2.05) is 6.92 Å². The Balaban J connectivity index is 0.00000300. The molecule has 0 aliphatic carbocycles. The predicted molar refractivity (Wildman–Crippen MR) is 113 cm³/mol. The Bertz CT molecular complexity index is 835. The van der Waals surface area contributed by atoms with Gasteiger partial charge in [0, 0.05) is 24.7 Å². The lowest BCUT2D eigenvalue weighted by molar-refractivity contribution is -0.0505. The van der Waals surface area contributed by atoms with Crippen LogP contribution in [-0.2, 0) is 13.1 Å². The van der Waals surface area contributed by atoms with Crippen LogP contribution in [0.5, 0.6) is 17.2 Å². The third-order valence-corrected chi connectivity index (χ3v) is 3.90. The van der Waals surface area contributed by atoms with Crippen molar-refractivity contribution in [1.29, 1.82) is 0 Å². The molecule has 10 heteroatoms. The van der Waals surface area contributed by atoms with Crippen molar-refractivity contribution in [2.24, 2.45) is 4.99 Å². The molecule has 0 atom stereocenters. The number of hydrogen-bond acceptors (Lipinski definition) is 4. The number of rotatable bonds is 7. The Morgan fingerprint density at radius 1 is 1.14 bits per heavy atom. The lowest BCUT2D eigenvalue weighted by Gasteiger charge is -2.15. The third kappa shape index (κ3) is 6.58. The number of alkyl halides is 2. The van der Waals surface area contributed by atoms with E-state index in [1.54, 1.807) is 18.2 Å². The highest BCUT2D eigenvalue weighted by atomic mass is 127. The summed E-state index contributed by atoms with van der Waals surface area (Å²) in [4.78, 5) is 4.42. The maximum atomic E-state index is 13.0. The van der Waals surface area contributed by atoms with Crippen LogP contribution < -0.4 is 24.8 Å². The second-order valence-corrected chi connectivity index (χ2v) is 5.87. The van der Waals surface area contributed by atoms with Crippen molar-refractivity contribution in [3.8, 4) is 17.2 Å². The van der Waals surface area contributed by atoms with Crippen LogP contribution in [0.15, 0.2) is 41.4 Å². The van der Waals surface area contributed by atoms with Crippen LogP contribution in [0.1, 0.15) is 18.1 Å². The molecule has 0 saturated heterocycles. The lowest BCUT2D eigenvalue weighted by atomic mass is 10.1. The number of fused-ring (bicyclic) bond motifs is 1. The second-order valence-electron chi connectivity index (χ2n) is 5.87. The van der Waals surface area contributed by atoms with Gasteiger partial charge in [0.15, 0.2) is 17.5 Å². The number of halogens is 4. The Labute approximate surface area is 183 Å². The van der Waals surface area contributed by atoms with Crippen molar-refractivity contribution in [3.05, 3.63) is 53.3 Å². The fourth-order valence-electron chi connectivity index (χ4n) is 2.59. The molecule has 2 N–H and O–H groups in total. The zero-order chi connectivity index (χ0) is 19.9. The zero-order valence-electron chi connectivity index (χ0n) is 15.6. The molecule has 0 amide bonds. The molecule has 1 aliphatic rings. The molecular formula is C19H21F3IN3O3. The molecule has 3 rings (SSSR count). The Morgan fingerprint density at radius 2 is 1.83 bits per heavy atom. The van der Waals surface area contributed by atoms with Crippen molar-refractivity contribution >= 4 is 29.9 Å². The molecule has 2 aromatic rings. The molecule has 0 bridgehead atoms. The minimum Gasteiger partial charge on any atom is -0.454 e. The summed E-state index contributed by atoms with van der Waals surface area (Å²) in [5.74, 6) is 0.990. The monoisotopic (exact) mass is 523 g/mol. The largest absolute Gasteiger partial charge is 0.454 e. The highest BCUT2D eigenvalue weighted by Crippen LogP contribution is 2.38. The Morgan fingerprint density at radius 3 is 2.48 bits per heavy atom. The number of guanidine groups is 1. The molecule has 158 valence electrons. The smallest absolute Gasteiger partial charge is 0.387 e.